The van der Waals surface area contributed by atoms with Crippen LogP contribution in [0.5, 0.6) is 0 Å². The minimum Gasteiger partial charge on any atom is -0.383 e. The second-order valence-electron chi connectivity index (χ2n) is 9.32. The van der Waals surface area contributed by atoms with Gasteiger partial charge >= 0.3 is 5.69 Å². The molecule has 2 heterocycles. The van der Waals surface area contributed by atoms with E-state index in [-0.39, 0.29) is 54.9 Å². The number of hydrogen-bond donors (Lipinski definition) is 2. The summed E-state index contributed by atoms with van der Waals surface area (Å²) >= 11 is 0. The monoisotopic (exact) mass is 470 g/mol. The maximum absolute atomic E-state index is 13.5. The first kappa shape index (κ1) is 25.2. The van der Waals surface area contributed by atoms with Gasteiger partial charge in [-0.05, 0) is 30.9 Å². The number of H-pyrrole nitrogens is 1. The lowest BCUT2D eigenvalue weighted by Crippen LogP contribution is -2.50. The predicted octanol–water partition coefficient (Wildman–Crippen LogP) is 0.709. The number of nitrogen functional groups attached to an aromatic ring is 1. The third-order valence-electron chi connectivity index (χ3n) is 5.94. The molecule has 0 saturated carbocycles. The molecule has 1 aliphatic heterocycles. The van der Waals surface area contributed by atoms with Crippen molar-refractivity contribution in [3.63, 3.8) is 0 Å². The standard InChI is InChI=1S/C24H34N6O4/c1-16(2)13-29(19(31)15-28-12-8-11-18(28)23(33)27(3)4)20-21(25)30(24(34)26-22(20)32)14-17-9-6-5-7-10-17/h5-7,9-10,16,18H,8,11-15,25H2,1-4H3,(H,26,32,34). The van der Waals surface area contributed by atoms with Crippen LogP contribution in [0.4, 0.5) is 11.5 Å². The molecule has 1 saturated heterocycles. The van der Waals surface area contributed by atoms with Gasteiger partial charge in [-0.3, -0.25) is 28.8 Å². The number of amides is 2. The molecule has 0 bridgehead atoms. The van der Waals surface area contributed by atoms with Gasteiger partial charge in [0.25, 0.3) is 5.56 Å². The van der Waals surface area contributed by atoms with Gasteiger partial charge in [0, 0.05) is 20.6 Å². The number of carbonyl (C=O) groups is 2. The van der Waals surface area contributed by atoms with Gasteiger partial charge < -0.3 is 15.5 Å². The third kappa shape index (κ3) is 5.56. The summed E-state index contributed by atoms with van der Waals surface area (Å²) in [5.41, 5.74) is 5.80. The summed E-state index contributed by atoms with van der Waals surface area (Å²) in [7, 11) is 3.39. The Morgan fingerprint density at radius 3 is 2.47 bits per heavy atom. The number of likely N-dealkylation sites (N-methyl/N-ethyl adjacent to an activating group) is 1. The van der Waals surface area contributed by atoms with E-state index in [0.717, 1.165) is 12.0 Å². The van der Waals surface area contributed by atoms with Crippen molar-refractivity contribution in [1.29, 1.82) is 0 Å². The molecule has 1 aromatic carbocycles. The highest BCUT2D eigenvalue weighted by molar-refractivity contribution is 5.97. The summed E-state index contributed by atoms with van der Waals surface area (Å²) in [5, 5.41) is 0. The van der Waals surface area contributed by atoms with Crippen molar-refractivity contribution >= 4 is 23.3 Å². The molecule has 3 N–H and O–H groups in total. The Hall–Kier alpha value is -3.40. The van der Waals surface area contributed by atoms with Gasteiger partial charge in [0.15, 0.2) is 5.69 Å². The summed E-state index contributed by atoms with van der Waals surface area (Å²) in [6.45, 7) is 4.86. The number of aromatic amines is 1. The molecule has 1 atom stereocenters. The minimum atomic E-state index is -0.705. The largest absolute Gasteiger partial charge is 0.383 e. The molecule has 2 aromatic rings. The van der Waals surface area contributed by atoms with Crippen molar-refractivity contribution in [2.75, 3.05) is 44.4 Å². The Morgan fingerprint density at radius 1 is 1.18 bits per heavy atom. The number of nitrogens with zero attached hydrogens (tertiary/aromatic N) is 4. The number of rotatable bonds is 8. The van der Waals surface area contributed by atoms with Gasteiger partial charge in [0.1, 0.15) is 5.82 Å². The number of carbonyl (C=O) groups excluding carboxylic acids is 2. The Labute approximate surface area is 199 Å². The van der Waals surface area contributed by atoms with E-state index < -0.39 is 11.2 Å². The van der Waals surface area contributed by atoms with Crippen LogP contribution in [0.2, 0.25) is 0 Å². The van der Waals surface area contributed by atoms with Gasteiger partial charge in [-0.15, -0.1) is 0 Å². The first-order valence-corrected chi connectivity index (χ1v) is 11.5. The Bertz CT molecular complexity index is 1140. The van der Waals surface area contributed by atoms with Crippen LogP contribution >= 0.6 is 0 Å². The Morgan fingerprint density at radius 2 is 1.85 bits per heavy atom. The second kappa shape index (κ2) is 10.7. The topological polar surface area (TPSA) is 125 Å². The summed E-state index contributed by atoms with van der Waals surface area (Å²) in [6.07, 6.45) is 1.49. The fourth-order valence-corrected chi connectivity index (χ4v) is 4.30. The molecule has 0 aliphatic carbocycles. The maximum Gasteiger partial charge on any atom is 0.330 e. The molecular weight excluding hydrogens is 436 g/mol. The quantitative estimate of drug-likeness (QED) is 0.585. The number of nitrogens with two attached hydrogens (primary N) is 1. The lowest BCUT2D eigenvalue weighted by Gasteiger charge is -2.30. The van der Waals surface area contributed by atoms with Crippen molar-refractivity contribution in [3.05, 3.63) is 56.7 Å². The fraction of sp³-hybridized carbons (Fsp3) is 0.500. The third-order valence-corrected chi connectivity index (χ3v) is 5.94. The molecule has 34 heavy (non-hydrogen) atoms. The van der Waals surface area contributed by atoms with Crippen molar-refractivity contribution in [2.45, 2.75) is 39.3 Å². The summed E-state index contributed by atoms with van der Waals surface area (Å²) < 4.78 is 1.26. The molecule has 1 aliphatic rings. The van der Waals surface area contributed by atoms with E-state index >= 15 is 0 Å². The van der Waals surface area contributed by atoms with Crippen LogP contribution in [-0.2, 0) is 16.1 Å². The molecule has 0 spiro atoms. The summed E-state index contributed by atoms with van der Waals surface area (Å²) in [5.74, 6) is -0.410. The van der Waals surface area contributed by atoms with E-state index in [0.29, 0.717) is 13.0 Å². The molecule has 1 aromatic heterocycles. The first-order valence-electron chi connectivity index (χ1n) is 11.5. The summed E-state index contributed by atoms with van der Waals surface area (Å²) in [4.78, 5) is 58.6. The van der Waals surface area contributed by atoms with Gasteiger partial charge in [-0.1, -0.05) is 44.2 Å². The van der Waals surface area contributed by atoms with Crippen LogP contribution < -0.4 is 21.9 Å². The predicted molar refractivity (Wildman–Crippen MR) is 132 cm³/mol. The number of benzene rings is 1. The zero-order valence-electron chi connectivity index (χ0n) is 20.3. The van der Waals surface area contributed by atoms with Crippen molar-refractivity contribution in [2.24, 2.45) is 5.92 Å². The van der Waals surface area contributed by atoms with Crippen LogP contribution in [0, 0.1) is 5.92 Å². The molecule has 1 fully saturated rings. The number of nitrogens with one attached hydrogen (secondary N) is 1. The lowest BCUT2D eigenvalue weighted by atomic mass is 10.1. The minimum absolute atomic E-state index is 0.0202. The van der Waals surface area contributed by atoms with Crippen molar-refractivity contribution < 1.29 is 9.59 Å². The average molecular weight is 471 g/mol. The smallest absolute Gasteiger partial charge is 0.330 e. The molecule has 10 heteroatoms. The molecule has 0 radical (unpaired) electrons. The Balaban J connectivity index is 1.96. The van der Waals surface area contributed by atoms with E-state index in [1.807, 2.05) is 49.1 Å². The molecule has 2 amide bonds. The van der Waals surface area contributed by atoms with Crippen LogP contribution in [-0.4, -0.2) is 70.9 Å². The van der Waals surface area contributed by atoms with Gasteiger partial charge in [-0.25, -0.2) is 4.79 Å². The number of likely N-dealkylation sites (tertiary alicyclic amines) is 1. The zero-order valence-corrected chi connectivity index (χ0v) is 20.3. The average Bonchev–Trinajstić information content (AvgIpc) is 3.23. The molecule has 3 rings (SSSR count). The normalized spacial score (nSPS) is 16.1. The maximum atomic E-state index is 13.5. The van der Waals surface area contributed by atoms with Crippen molar-refractivity contribution in [1.82, 2.24) is 19.4 Å². The zero-order chi connectivity index (χ0) is 25.0. The number of aromatic nitrogens is 2. The van der Waals surface area contributed by atoms with Gasteiger partial charge in [0.2, 0.25) is 11.8 Å². The second-order valence-corrected chi connectivity index (χ2v) is 9.32. The van der Waals surface area contributed by atoms with E-state index in [4.69, 9.17) is 5.73 Å². The molecular formula is C24H34N6O4. The number of anilines is 2. The number of hydrogen-bond acceptors (Lipinski definition) is 6. The SMILES string of the molecule is CC(C)CN(C(=O)CN1CCCC1C(=O)N(C)C)c1c(N)n(Cc2ccccc2)c(=O)[nH]c1=O. The van der Waals surface area contributed by atoms with Crippen LogP contribution in [0.3, 0.4) is 0 Å². The molecule has 184 valence electrons. The highest BCUT2D eigenvalue weighted by Crippen LogP contribution is 2.22. The first-order chi connectivity index (χ1) is 16.1. The lowest BCUT2D eigenvalue weighted by molar-refractivity contribution is -0.134. The van der Waals surface area contributed by atoms with Gasteiger partial charge in [-0.2, -0.15) is 0 Å². The van der Waals surface area contributed by atoms with Crippen molar-refractivity contribution in [3.8, 4) is 0 Å². The van der Waals surface area contributed by atoms with E-state index in [1.165, 1.54) is 14.4 Å². The fourth-order valence-electron chi connectivity index (χ4n) is 4.30. The Kier molecular flexibility index (Phi) is 7.93. The summed E-state index contributed by atoms with van der Waals surface area (Å²) in [6, 6.07) is 8.89. The van der Waals surface area contributed by atoms with E-state index in [1.54, 1.807) is 14.1 Å². The highest BCUT2D eigenvalue weighted by atomic mass is 16.2. The molecule has 1 unspecified atom stereocenters. The van der Waals surface area contributed by atoms with E-state index in [9.17, 15) is 19.2 Å². The molecule has 10 nitrogen and oxygen atoms in total. The van der Waals surface area contributed by atoms with E-state index in [2.05, 4.69) is 4.98 Å². The highest BCUT2D eigenvalue weighted by Gasteiger charge is 2.35. The van der Waals surface area contributed by atoms with Gasteiger partial charge in [0.05, 0.1) is 19.1 Å². The van der Waals surface area contributed by atoms with Crippen LogP contribution in [0.15, 0.2) is 39.9 Å². The van der Waals surface area contributed by atoms with Crippen LogP contribution in [0.1, 0.15) is 32.3 Å². The van der Waals surface area contributed by atoms with Crippen LogP contribution in [0.25, 0.3) is 0 Å².